The molecule has 0 saturated heterocycles. The smallest absolute Gasteiger partial charge is 0.348 e. The SMILES string of the molecule is COCCOC(=O)c1sc2ncn(C/C(O)=C(\C#N)c3nc4ccccc4s3)c(=O)c2c1C. The van der Waals surface area contributed by atoms with Gasteiger partial charge < -0.3 is 14.6 Å². The van der Waals surface area contributed by atoms with E-state index >= 15 is 0 Å². The van der Waals surface area contributed by atoms with Gasteiger partial charge in [-0.05, 0) is 24.6 Å². The largest absolute Gasteiger partial charge is 0.509 e. The molecule has 9 nitrogen and oxygen atoms in total. The van der Waals surface area contributed by atoms with E-state index in [4.69, 9.17) is 9.47 Å². The van der Waals surface area contributed by atoms with Gasteiger partial charge in [-0.15, -0.1) is 22.7 Å². The zero-order valence-electron chi connectivity index (χ0n) is 17.7. The van der Waals surface area contributed by atoms with Gasteiger partial charge in [-0.1, -0.05) is 12.1 Å². The Morgan fingerprint density at radius 3 is 2.79 bits per heavy atom. The number of nitrogens with zero attached hydrogens (tertiary/aromatic N) is 4. The number of fused-ring (bicyclic) bond motifs is 2. The van der Waals surface area contributed by atoms with Crippen LogP contribution in [0.3, 0.4) is 0 Å². The number of nitriles is 1. The molecular formula is C22H18N4O5S2. The first-order valence-electron chi connectivity index (χ1n) is 9.77. The highest BCUT2D eigenvalue weighted by molar-refractivity contribution is 7.20. The molecule has 168 valence electrons. The molecule has 3 aromatic heterocycles. The maximum atomic E-state index is 13.1. The quantitative estimate of drug-likeness (QED) is 0.183. The number of aromatic nitrogens is 3. The lowest BCUT2D eigenvalue weighted by Crippen LogP contribution is -2.22. The van der Waals surface area contributed by atoms with E-state index in [0.29, 0.717) is 15.4 Å². The first-order chi connectivity index (χ1) is 15.9. The third-order valence-corrected chi connectivity index (χ3v) is 7.09. The Kier molecular flexibility index (Phi) is 6.50. The number of aliphatic hydroxyl groups is 1. The molecule has 0 unspecified atom stereocenters. The van der Waals surface area contributed by atoms with E-state index in [1.165, 1.54) is 29.3 Å². The number of thiophene rings is 1. The average molecular weight is 483 g/mol. The molecule has 0 aliphatic heterocycles. The number of aliphatic hydroxyl groups excluding tert-OH is 1. The number of rotatable bonds is 7. The lowest BCUT2D eigenvalue weighted by molar-refractivity contribution is 0.0393. The first-order valence-corrected chi connectivity index (χ1v) is 11.4. The summed E-state index contributed by atoms with van der Waals surface area (Å²) in [5, 5.41) is 20.9. The van der Waals surface area contributed by atoms with Gasteiger partial charge in [0.15, 0.2) is 0 Å². The van der Waals surface area contributed by atoms with Crippen LogP contribution in [0.5, 0.6) is 0 Å². The molecule has 0 spiro atoms. The summed E-state index contributed by atoms with van der Waals surface area (Å²) in [7, 11) is 1.50. The van der Waals surface area contributed by atoms with Crippen LogP contribution in [0, 0.1) is 18.3 Å². The third-order valence-electron chi connectivity index (χ3n) is 4.85. The first kappa shape index (κ1) is 22.6. The Morgan fingerprint density at radius 1 is 1.27 bits per heavy atom. The fraction of sp³-hybridized carbons (Fsp3) is 0.227. The number of hydrogen-bond acceptors (Lipinski definition) is 10. The molecule has 0 saturated carbocycles. The lowest BCUT2D eigenvalue weighted by atomic mass is 10.2. The minimum Gasteiger partial charge on any atom is -0.509 e. The standard InChI is InChI=1S/C22H18N4O5S2/c1-12-17-20(33-18(12)22(29)31-8-7-30-2)24-11-26(21(17)28)10-15(27)13(9-23)19-25-14-5-3-4-6-16(14)32-19/h3-6,11,27H,7-8,10H2,1-2H3/b15-13-. The molecule has 0 bridgehead atoms. The van der Waals surface area contributed by atoms with Crippen molar-refractivity contribution >= 4 is 54.6 Å². The molecule has 3 heterocycles. The monoisotopic (exact) mass is 482 g/mol. The van der Waals surface area contributed by atoms with Crippen LogP contribution in [0.25, 0.3) is 26.0 Å². The molecular weight excluding hydrogens is 464 g/mol. The van der Waals surface area contributed by atoms with E-state index in [1.54, 1.807) is 6.92 Å². The van der Waals surface area contributed by atoms with Crippen LogP contribution in [0.15, 0.2) is 41.1 Å². The molecule has 4 rings (SSSR count). The molecule has 1 N–H and O–H groups in total. The van der Waals surface area contributed by atoms with Crippen LogP contribution in [0.2, 0.25) is 0 Å². The Balaban J connectivity index is 1.68. The Hall–Kier alpha value is -3.59. The Labute approximate surface area is 195 Å². The molecule has 4 aromatic rings. The molecule has 33 heavy (non-hydrogen) atoms. The summed E-state index contributed by atoms with van der Waals surface area (Å²) in [6, 6.07) is 9.39. The van der Waals surface area contributed by atoms with E-state index < -0.39 is 11.5 Å². The van der Waals surface area contributed by atoms with Gasteiger partial charge in [-0.2, -0.15) is 5.26 Å². The zero-order chi connectivity index (χ0) is 23.5. The summed E-state index contributed by atoms with van der Waals surface area (Å²) in [6.07, 6.45) is 1.28. The molecule has 0 aliphatic rings. The third kappa shape index (κ3) is 4.36. The van der Waals surface area contributed by atoms with Crippen molar-refractivity contribution in [3.63, 3.8) is 0 Å². The van der Waals surface area contributed by atoms with Gasteiger partial charge in [0.25, 0.3) is 5.56 Å². The van der Waals surface area contributed by atoms with E-state index in [0.717, 1.165) is 21.6 Å². The number of aryl methyl sites for hydroxylation is 1. The number of carbonyl (C=O) groups excluding carboxylic acids is 1. The van der Waals surface area contributed by atoms with Gasteiger partial charge in [0.1, 0.15) is 38.7 Å². The highest BCUT2D eigenvalue weighted by Gasteiger charge is 2.21. The fourth-order valence-electron chi connectivity index (χ4n) is 3.21. The van der Waals surface area contributed by atoms with E-state index in [2.05, 4.69) is 9.97 Å². The van der Waals surface area contributed by atoms with Gasteiger partial charge in [0.05, 0.1) is 35.1 Å². The lowest BCUT2D eigenvalue weighted by Gasteiger charge is -2.06. The Bertz CT molecular complexity index is 1460. The number of allylic oxidation sites excluding steroid dienone is 2. The predicted octanol–water partition coefficient (Wildman–Crippen LogP) is 3.67. The number of ether oxygens (including phenoxy) is 2. The molecule has 0 aliphatic carbocycles. The normalized spacial score (nSPS) is 12.0. The topological polar surface area (TPSA) is 127 Å². The Morgan fingerprint density at radius 2 is 2.06 bits per heavy atom. The second-order valence-corrected chi connectivity index (χ2v) is 8.99. The predicted molar refractivity (Wildman–Crippen MR) is 126 cm³/mol. The zero-order valence-corrected chi connectivity index (χ0v) is 19.3. The second-order valence-electron chi connectivity index (χ2n) is 6.96. The van der Waals surface area contributed by atoms with Crippen molar-refractivity contribution in [1.82, 2.24) is 14.5 Å². The molecule has 11 heteroatoms. The molecule has 0 radical (unpaired) electrons. The van der Waals surface area contributed by atoms with Crippen molar-refractivity contribution in [1.29, 1.82) is 5.26 Å². The van der Waals surface area contributed by atoms with Gasteiger partial charge in [-0.25, -0.2) is 14.8 Å². The highest BCUT2D eigenvalue weighted by atomic mass is 32.1. The summed E-state index contributed by atoms with van der Waals surface area (Å²) >= 11 is 2.35. The number of esters is 1. The van der Waals surface area contributed by atoms with Crippen LogP contribution in [-0.2, 0) is 16.0 Å². The number of benzene rings is 1. The highest BCUT2D eigenvalue weighted by Crippen LogP contribution is 2.29. The summed E-state index contributed by atoms with van der Waals surface area (Å²) in [5.41, 5.74) is 0.738. The van der Waals surface area contributed by atoms with Crippen LogP contribution in [0.1, 0.15) is 20.2 Å². The average Bonchev–Trinajstić information content (AvgIpc) is 3.37. The fourth-order valence-corrected chi connectivity index (χ4v) is 5.22. The minimum atomic E-state index is -0.552. The van der Waals surface area contributed by atoms with Crippen LogP contribution in [-0.4, -0.2) is 45.9 Å². The van der Waals surface area contributed by atoms with Crippen molar-refractivity contribution in [3.05, 3.63) is 62.2 Å². The van der Waals surface area contributed by atoms with Crippen LogP contribution < -0.4 is 5.56 Å². The molecule has 0 atom stereocenters. The number of thiazole rings is 1. The second kappa shape index (κ2) is 9.50. The van der Waals surface area contributed by atoms with E-state index in [9.17, 15) is 20.0 Å². The molecule has 0 amide bonds. The number of carbonyl (C=O) groups is 1. The van der Waals surface area contributed by atoms with Crippen molar-refractivity contribution in [2.45, 2.75) is 13.5 Å². The molecule has 0 fully saturated rings. The summed E-state index contributed by atoms with van der Waals surface area (Å²) in [4.78, 5) is 34.8. The summed E-state index contributed by atoms with van der Waals surface area (Å²) in [6.45, 7) is 1.75. The minimum absolute atomic E-state index is 0.00681. The van der Waals surface area contributed by atoms with Crippen molar-refractivity contribution in [2.75, 3.05) is 20.3 Å². The van der Waals surface area contributed by atoms with Crippen LogP contribution >= 0.6 is 22.7 Å². The number of methoxy groups -OCH3 is 1. The van der Waals surface area contributed by atoms with Gasteiger partial charge in [0.2, 0.25) is 0 Å². The summed E-state index contributed by atoms with van der Waals surface area (Å²) < 4.78 is 12.1. The maximum Gasteiger partial charge on any atom is 0.348 e. The van der Waals surface area contributed by atoms with Crippen molar-refractivity contribution in [2.24, 2.45) is 0 Å². The van der Waals surface area contributed by atoms with E-state index in [-0.39, 0.29) is 41.4 Å². The maximum absolute atomic E-state index is 13.1. The van der Waals surface area contributed by atoms with Crippen molar-refractivity contribution < 1.29 is 19.4 Å². The van der Waals surface area contributed by atoms with Gasteiger partial charge >= 0.3 is 5.97 Å². The number of hydrogen-bond donors (Lipinski definition) is 1. The molecule has 1 aromatic carbocycles. The number of para-hydroxylation sites is 1. The van der Waals surface area contributed by atoms with Crippen molar-refractivity contribution in [3.8, 4) is 6.07 Å². The van der Waals surface area contributed by atoms with E-state index in [1.807, 2.05) is 30.3 Å². The van der Waals surface area contributed by atoms with Crippen LogP contribution in [0.4, 0.5) is 0 Å². The summed E-state index contributed by atoms with van der Waals surface area (Å²) in [5.74, 6) is -0.851. The van der Waals surface area contributed by atoms with Gasteiger partial charge in [-0.3, -0.25) is 9.36 Å². The van der Waals surface area contributed by atoms with Gasteiger partial charge in [0, 0.05) is 7.11 Å².